The van der Waals surface area contributed by atoms with Crippen LogP contribution >= 0.6 is 45.3 Å². The Morgan fingerprint density at radius 2 is 0.589 bits per heavy atom. The number of hydrogen-bond donors (Lipinski definition) is 0. The molecule has 7 saturated heterocycles. The van der Waals surface area contributed by atoms with Gasteiger partial charge in [0.05, 0.1) is 170 Å². The largest absolute Gasteiger partial charge is 0.381 e. The first kappa shape index (κ1) is 85.9. The first-order valence-corrected chi connectivity index (χ1v) is 48.2. The summed E-state index contributed by atoms with van der Waals surface area (Å²) in [4.78, 5) is 62.0. The summed E-state index contributed by atoms with van der Waals surface area (Å²) >= 11 is 6.95. The molecule has 0 saturated carbocycles. The number of benzene rings is 6. The van der Waals surface area contributed by atoms with Crippen molar-refractivity contribution in [3.05, 3.63) is 205 Å². The molecule has 7 fully saturated rings. The number of nitriles is 4. The zero-order valence-corrected chi connectivity index (χ0v) is 76.5. The molecule has 7 aliphatic rings. The summed E-state index contributed by atoms with van der Waals surface area (Å²) in [5.41, 5.74) is 21.0. The summed E-state index contributed by atoms with van der Waals surface area (Å²) in [5.74, 6) is 5.56. The van der Waals surface area contributed by atoms with E-state index >= 15 is 0 Å². The van der Waals surface area contributed by atoms with Gasteiger partial charge in [-0.1, -0.05) is 134 Å². The molecule has 0 spiro atoms. The Kier molecular flexibility index (Phi) is 25.9. The fourth-order valence-electron chi connectivity index (χ4n) is 17.4. The van der Waals surface area contributed by atoms with Crippen molar-refractivity contribution in [2.45, 2.75) is 106 Å². The number of fused-ring (bicyclic) bond motifs is 3. The van der Waals surface area contributed by atoms with Gasteiger partial charge in [0.25, 0.3) is 0 Å². The van der Waals surface area contributed by atoms with E-state index in [-0.39, 0.29) is 0 Å². The van der Waals surface area contributed by atoms with E-state index in [9.17, 15) is 15.8 Å². The molecule has 22 rings (SSSR count). The van der Waals surface area contributed by atoms with Crippen LogP contribution in [0.1, 0.15) is 107 Å². The summed E-state index contributed by atoms with van der Waals surface area (Å²) in [6.45, 7) is 27.3. The molecular weight excluding hydrogens is 1680 g/mol. The van der Waals surface area contributed by atoms with Gasteiger partial charge in [0.2, 0.25) is 0 Å². The molecule has 28 heteroatoms. The number of hydrogen-bond acceptors (Lipinski definition) is 25. The topological polar surface area (TPSA) is 280 Å². The maximum absolute atomic E-state index is 9.22. The van der Waals surface area contributed by atoms with Gasteiger partial charge < -0.3 is 47.5 Å². The molecule has 652 valence electrons. The molecule has 24 nitrogen and oxygen atoms in total. The van der Waals surface area contributed by atoms with Crippen molar-refractivity contribution in [2.75, 3.05) is 112 Å². The Labute approximate surface area is 767 Å². The van der Waals surface area contributed by atoms with Crippen molar-refractivity contribution in [1.82, 2.24) is 63.5 Å². The highest BCUT2D eigenvalue weighted by molar-refractivity contribution is 7.20. The number of anilines is 4. The second-order valence-electron chi connectivity index (χ2n) is 35.5. The molecule has 0 radical (unpaired) electrons. The van der Waals surface area contributed by atoms with Gasteiger partial charge in [0, 0.05) is 142 Å². The van der Waals surface area contributed by atoms with Gasteiger partial charge in [0.15, 0.2) is 26.2 Å². The molecular formula is C101H101N21O3S4. The van der Waals surface area contributed by atoms with Crippen LogP contribution in [0.25, 0.3) is 120 Å². The normalized spacial score (nSPS) is 16.7. The summed E-state index contributed by atoms with van der Waals surface area (Å²) in [7, 11) is 0. The number of nitrogens with zero attached hydrogens (tertiary/aromatic N) is 21. The lowest BCUT2D eigenvalue weighted by atomic mass is 10.00. The highest BCUT2D eigenvalue weighted by atomic mass is 32.1. The van der Waals surface area contributed by atoms with E-state index in [1.54, 1.807) is 45.3 Å². The van der Waals surface area contributed by atoms with Gasteiger partial charge in [-0.05, 0) is 172 Å². The van der Waals surface area contributed by atoms with Crippen LogP contribution in [0.4, 0.5) is 20.5 Å². The number of pyridine rings is 1. The van der Waals surface area contributed by atoms with Gasteiger partial charge in [-0.2, -0.15) is 21.0 Å². The van der Waals surface area contributed by atoms with Gasteiger partial charge in [-0.3, -0.25) is 0 Å². The van der Waals surface area contributed by atoms with Crippen LogP contribution in [-0.2, 0) is 33.8 Å². The maximum Gasteiger partial charge on any atom is 0.186 e. The second-order valence-corrected chi connectivity index (χ2v) is 39.4. The average Bonchev–Trinajstić information content (AvgIpc) is 1.64. The van der Waals surface area contributed by atoms with Crippen molar-refractivity contribution in [1.29, 1.82) is 21.0 Å². The third-order valence-corrected chi connectivity index (χ3v) is 30.5. The molecule has 129 heavy (non-hydrogen) atoms. The van der Waals surface area contributed by atoms with Crippen LogP contribution in [0.5, 0.6) is 0 Å². The monoisotopic (exact) mass is 1780 g/mol. The van der Waals surface area contributed by atoms with Crippen LogP contribution in [0, 0.1) is 93.7 Å². The molecule has 0 bridgehead atoms. The highest BCUT2D eigenvalue weighted by Gasteiger charge is 2.31. The molecule has 15 aromatic rings. The SMILES string of the molecule is CC1CCN(c2nc(-c3ccc(C#N)cc3)c(-c3ccc4c(c3)ncn4CC3COC3)s2)CC1.CC1CCN(c2nc(-c3ccc(C#N)cc3)c(-c3ccc4c(c3)ncn4CC3COC3)s2)CC1.CC1CCN(c2nc(-c3ccc(C#N)cc3)c(-c3cnc4c(c3)ncn4CC3COC3)s2)CC1.Cc1ncc(-c2sc(N3CCC(C)CC3)nc2-c2ccc(C#N)cc2)cn1. The Morgan fingerprint density at radius 3 is 0.899 bits per heavy atom. The number of piperidine rings is 4. The number of ether oxygens (including phenoxy) is 3. The van der Waals surface area contributed by atoms with Crippen molar-refractivity contribution >= 4 is 99.1 Å². The quantitative estimate of drug-likeness (QED) is 0.0771. The lowest BCUT2D eigenvalue weighted by molar-refractivity contribution is -0.0390. The van der Waals surface area contributed by atoms with E-state index in [0.717, 1.165) is 282 Å². The molecule has 0 unspecified atom stereocenters. The van der Waals surface area contributed by atoms with Crippen molar-refractivity contribution in [3.63, 3.8) is 0 Å². The number of aryl methyl sites for hydroxylation is 1. The van der Waals surface area contributed by atoms with Gasteiger partial charge in [-0.25, -0.2) is 49.8 Å². The van der Waals surface area contributed by atoms with E-state index in [2.05, 4.69) is 143 Å². The zero-order valence-electron chi connectivity index (χ0n) is 73.2. The fraction of sp³-hybridized carbons (Fsp3) is 0.366. The molecule has 0 amide bonds. The van der Waals surface area contributed by atoms with Gasteiger partial charge in [0.1, 0.15) is 11.3 Å². The number of rotatable bonds is 18. The van der Waals surface area contributed by atoms with Crippen LogP contribution in [-0.4, -0.2) is 156 Å². The van der Waals surface area contributed by atoms with Gasteiger partial charge in [-0.15, -0.1) is 0 Å². The Morgan fingerprint density at radius 1 is 0.318 bits per heavy atom. The van der Waals surface area contributed by atoms with E-state index in [4.69, 9.17) is 54.4 Å². The van der Waals surface area contributed by atoms with Crippen LogP contribution in [0.15, 0.2) is 177 Å². The zero-order chi connectivity index (χ0) is 88.0. The molecule has 0 aliphatic carbocycles. The minimum atomic E-state index is 0.540. The lowest BCUT2D eigenvalue weighted by Gasteiger charge is -2.29. The lowest BCUT2D eigenvalue weighted by Crippen LogP contribution is -2.32. The van der Waals surface area contributed by atoms with E-state index in [0.29, 0.717) is 40.0 Å². The summed E-state index contributed by atoms with van der Waals surface area (Å²) in [6, 6.07) is 54.9. The predicted octanol–water partition coefficient (Wildman–Crippen LogP) is 20.8. The molecule has 6 aromatic carbocycles. The van der Waals surface area contributed by atoms with Crippen molar-refractivity contribution < 1.29 is 14.2 Å². The number of imidazole rings is 3. The molecule has 16 heterocycles. The van der Waals surface area contributed by atoms with E-state index < -0.39 is 0 Å². The maximum atomic E-state index is 9.22. The average molecular weight is 1790 g/mol. The smallest absolute Gasteiger partial charge is 0.186 e. The first-order chi connectivity index (χ1) is 63.2. The number of thiazole rings is 4. The van der Waals surface area contributed by atoms with E-state index in [1.807, 2.05) is 142 Å². The summed E-state index contributed by atoms with van der Waals surface area (Å²) < 4.78 is 22.6. The Hall–Kier alpha value is -12.5. The number of aromatic nitrogens is 13. The Balaban J connectivity index is 0.000000112. The van der Waals surface area contributed by atoms with E-state index in [1.165, 1.54) is 51.4 Å². The molecule has 7 aliphatic heterocycles. The standard InChI is InChI=1S/2C27H27N5OS.C26H26N6OS.C21H21N5S/c2*1-18-8-10-31(11-9-18)27-30-25(21-4-2-19(13-28)3-5-21)26(34-27)22-6-7-24-23(12-22)29-17-32(24)14-20-15-33-16-20;1-17-6-8-31(9-7-17)26-30-23(20-4-2-18(11-27)3-5-20)24(34-26)21-10-22-25(28-12-21)32(16-29-22)13-19-14-33-15-19;1-14-7-9-26(10-8-14)21-25-19(17-5-3-16(11-22)4-6-17)20(27-21)18-12-23-15(2)24-13-18/h2*2-7,12,17-18,20H,8-11,14-16H2,1H3;2-5,10,12,16-17,19H,6-9,13-15H2,1H3;3-6,12-14H,7-10H2,1-2H3. The highest BCUT2D eigenvalue weighted by Crippen LogP contribution is 2.48. The summed E-state index contributed by atoms with van der Waals surface area (Å²) in [6.07, 6.45) is 21.1. The van der Waals surface area contributed by atoms with Gasteiger partial charge >= 0.3 is 0 Å². The third-order valence-electron chi connectivity index (χ3n) is 25.8. The minimum Gasteiger partial charge on any atom is -0.381 e. The van der Waals surface area contributed by atoms with Crippen molar-refractivity contribution in [2.24, 2.45) is 41.4 Å². The van der Waals surface area contributed by atoms with Crippen LogP contribution in [0.3, 0.4) is 0 Å². The minimum absolute atomic E-state index is 0.540. The van der Waals surface area contributed by atoms with Crippen molar-refractivity contribution in [3.8, 4) is 111 Å². The Bertz CT molecular complexity index is 6110. The van der Waals surface area contributed by atoms with Crippen LogP contribution in [0.2, 0.25) is 0 Å². The molecule has 0 atom stereocenters. The second kappa shape index (κ2) is 38.8. The third kappa shape index (κ3) is 19.3. The molecule has 0 N–H and O–H groups in total. The van der Waals surface area contributed by atoms with Crippen LogP contribution < -0.4 is 19.6 Å². The fourth-order valence-corrected chi connectivity index (χ4v) is 21.9. The first-order valence-electron chi connectivity index (χ1n) is 45.0. The summed E-state index contributed by atoms with van der Waals surface area (Å²) in [5, 5.41) is 41.0. The predicted molar refractivity (Wildman–Crippen MR) is 514 cm³/mol. The molecule has 9 aromatic heterocycles.